The summed E-state index contributed by atoms with van der Waals surface area (Å²) in [5.41, 5.74) is 8.62. The van der Waals surface area contributed by atoms with Crippen LogP contribution in [0.4, 0.5) is 0 Å². The van der Waals surface area contributed by atoms with E-state index in [1.54, 1.807) is 31.2 Å². The first-order valence-electron chi connectivity index (χ1n) is 7.86. The predicted molar refractivity (Wildman–Crippen MR) is 117 cm³/mol. The maximum absolute atomic E-state index is 12.6. The molecule has 11 heteroatoms. The second kappa shape index (κ2) is 16.4. The van der Waals surface area contributed by atoms with E-state index in [4.69, 9.17) is 27.3 Å². The summed E-state index contributed by atoms with van der Waals surface area (Å²) in [5, 5.41) is 8.22. The van der Waals surface area contributed by atoms with Crippen LogP contribution in [-0.4, -0.2) is 45.4 Å². The number of carbonyl (C=O) groups is 2. The van der Waals surface area contributed by atoms with E-state index in [-0.39, 0.29) is 40.1 Å². The third-order valence-corrected chi connectivity index (χ3v) is 3.76. The Labute approximate surface area is 196 Å². The van der Waals surface area contributed by atoms with E-state index in [0.29, 0.717) is 12.4 Å². The zero-order valence-corrected chi connectivity index (χ0v) is 20.1. The third-order valence-electron chi connectivity index (χ3n) is 3.13. The average molecular weight is 545 g/mol. The van der Waals surface area contributed by atoms with E-state index >= 15 is 0 Å². The summed E-state index contributed by atoms with van der Waals surface area (Å²) in [6, 6.07) is 7.01. The molecule has 1 aromatic carbocycles. The molecule has 0 N–H and O–H groups in total. The summed E-state index contributed by atoms with van der Waals surface area (Å²) in [6.45, 7) is 7.38. The number of amides is 1. The number of hydrogen-bond donors (Lipinski definition) is 0. The maximum atomic E-state index is 12.6. The Balaban J connectivity index is -0.00000103. The van der Waals surface area contributed by atoms with Crippen LogP contribution in [0.5, 0.6) is 0 Å². The number of benzene rings is 1. The molecule has 0 unspecified atom stereocenters. The van der Waals surface area contributed by atoms with Crippen molar-refractivity contribution in [1.82, 2.24) is 4.90 Å². The summed E-state index contributed by atoms with van der Waals surface area (Å²) >= 11 is 10.1. The van der Waals surface area contributed by atoms with Gasteiger partial charge in [-0.2, -0.15) is 10.7 Å². The van der Waals surface area contributed by atoms with Gasteiger partial charge >= 0.3 is 37.1 Å². The third kappa shape index (κ3) is 12.1. The van der Waals surface area contributed by atoms with Crippen LogP contribution in [0, 0.1) is 0 Å². The Morgan fingerprint density at radius 1 is 1.31 bits per heavy atom. The molecular formula is C18H25ClN4O3PRuS. The summed E-state index contributed by atoms with van der Waals surface area (Å²) in [7, 11) is 0.512. The van der Waals surface area contributed by atoms with Gasteiger partial charge in [0.15, 0.2) is 0 Å². The molecule has 1 radical (unpaired) electrons. The second-order valence-electron chi connectivity index (χ2n) is 6.08. The molecule has 0 spiro atoms. The molecule has 0 aliphatic heterocycles. The number of carbonyl (C=O) groups excluding carboxylic acids is 2. The van der Waals surface area contributed by atoms with Gasteiger partial charge in [0.25, 0.3) is 0 Å². The molecule has 0 saturated carbocycles. The van der Waals surface area contributed by atoms with Crippen LogP contribution in [0.3, 0.4) is 0 Å². The van der Waals surface area contributed by atoms with Gasteiger partial charge in [0, 0.05) is 17.1 Å². The Bertz CT molecular complexity index is 730. The SMILES string of the molecule is C.CCOC(=O)C(=[N+]=[N-])C(=O)N(Cc1ccc(Cl)cc1)C(C)(C)C.[N-]=CP=S.[Ru+]. The van der Waals surface area contributed by atoms with Gasteiger partial charge in [0.05, 0.1) is 6.61 Å². The first-order chi connectivity index (χ1) is 12.6. The number of rotatable bonds is 6. The van der Waals surface area contributed by atoms with Crippen molar-refractivity contribution in [2.24, 2.45) is 0 Å². The van der Waals surface area contributed by atoms with Crippen molar-refractivity contribution in [1.29, 1.82) is 0 Å². The number of ether oxygens (including phenoxy) is 1. The fourth-order valence-electron chi connectivity index (χ4n) is 1.88. The molecule has 0 atom stereocenters. The van der Waals surface area contributed by atoms with Crippen molar-refractivity contribution in [3.8, 4) is 0 Å². The van der Waals surface area contributed by atoms with Crippen LogP contribution in [0.2, 0.25) is 5.02 Å². The molecule has 161 valence electrons. The van der Waals surface area contributed by atoms with Crippen molar-refractivity contribution < 1.29 is 38.6 Å². The van der Waals surface area contributed by atoms with E-state index in [0.717, 1.165) is 11.5 Å². The molecule has 0 aliphatic rings. The van der Waals surface area contributed by atoms with Crippen molar-refractivity contribution in [3.05, 3.63) is 45.8 Å². The van der Waals surface area contributed by atoms with Gasteiger partial charge in [0.2, 0.25) is 0 Å². The maximum Gasteiger partial charge on any atom is 1.00 e. The van der Waals surface area contributed by atoms with Crippen LogP contribution in [-0.2, 0) is 52.2 Å². The Morgan fingerprint density at radius 3 is 2.14 bits per heavy atom. The average Bonchev–Trinajstić information content (AvgIpc) is 2.61. The molecular weight excluding hydrogens is 520 g/mol. The molecule has 0 saturated heterocycles. The van der Waals surface area contributed by atoms with Crippen molar-refractivity contribution in [2.45, 2.75) is 47.2 Å². The summed E-state index contributed by atoms with van der Waals surface area (Å²) in [5.74, 6) is -0.742. The fraction of sp³-hybridized carbons (Fsp3) is 0.444. The molecule has 0 heterocycles. The zero-order chi connectivity index (χ0) is 21.0. The molecule has 0 bridgehead atoms. The molecule has 29 heavy (non-hydrogen) atoms. The van der Waals surface area contributed by atoms with Crippen molar-refractivity contribution in [2.75, 3.05) is 6.61 Å². The molecule has 0 aromatic heterocycles. The Hall–Kier alpha value is -1.36. The van der Waals surface area contributed by atoms with Crippen molar-refractivity contribution >= 4 is 54.3 Å². The smallest absolute Gasteiger partial charge is 0.806 e. The van der Waals surface area contributed by atoms with E-state index in [1.807, 2.05) is 20.8 Å². The molecule has 0 fully saturated rings. The molecule has 1 aromatic rings. The fourth-order valence-corrected chi connectivity index (χ4v) is 2.01. The van der Waals surface area contributed by atoms with E-state index < -0.39 is 23.1 Å². The molecule has 7 nitrogen and oxygen atoms in total. The van der Waals surface area contributed by atoms with Gasteiger partial charge in [-0.25, -0.2) is 4.79 Å². The minimum Gasteiger partial charge on any atom is -0.806 e. The van der Waals surface area contributed by atoms with Crippen molar-refractivity contribution in [3.63, 3.8) is 0 Å². The quantitative estimate of drug-likeness (QED) is 0.101. The van der Waals surface area contributed by atoms with Gasteiger partial charge in [0.1, 0.15) is 0 Å². The van der Waals surface area contributed by atoms with E-state index in [2.05, 4.69) is 16.6 Å². The monoisotopic (exact) mass is 545 g/mol. The zero-order valence-electron chi connectivity index (χ0n) is 15.9. The second-order valence-corrected chi connectivity index (χ2v) is 7.59. The van der Waals surface area contributed by atoms with Gasteiger partial charge < -0.3 is 20.6 Å². The topological polar surface area (TPSA) is 105 Å². The van der Waals surface area contributed by atoms with Gasteiger partial charge in [-0.1, -0.05) is 43.0 Å². The summed E-state index contributed by atoms with van der Waals surface area (Å²) < 4.78 is 4.75. The van der Waals surface area contributed by atoms with Crippen LogP contribution < -0.4 is 0 Å². The molecule has 1 rings (SSSR count). The number of hydrogen-bond acceptors (Lipinski definition) is 4. The van der Waals surface area contributed by atoms with Crippen LogP contribution in [0.25, 0.3) is 10.9 Å². The molecule has 1 amide bonds. The Kier molecular flexibility index (Phi) is 18.3. The van der Waals surface area contributed by atoms with E-state index in [1.165, 1.54) is 4.90 Å². The number of nitrogens with zero attached hydrogens (tertiary/aromatic N) is 4. The largest absolute Gasteiger partial charge is 1.00 e. The Morgan fingerprint density at radius 2 is 1.79 bits per heavy atom. The van der Waals surface area contributed by atoms with Crippen LogP contribution >= 0.6 is 19.0 Å². The standard InChI is InChI=1S/C16H20ClN3O3.CHNPS.CH4.Ru/c1-5-23-15(22)13(19-18)14(21)20(16(2,3)4)10-11-6-8-12(17)9-7-11;2-1-3-4;;/h6-9H,5,10H2,1-4H3;1H;1H4;/q;-1;;+1. The minimum absolute atomic E-state index is 0. The summed E-state index contributed by atoms with van der Waals surface area (Å²) in [6.07, 6.45) is 0. The van der Waals surface area contributed by atoms with Gasteiger partial charge in [-0.15, -0.1) is 0 Å². The summed E-state index contributed by atoms with van der Waals surface area (Å²) in [4.78, 5) is 28.6. The first-order valence-corrected chi connectivity index (χ1v) is 10.2. The molecule has 0 aliphatic carbocycles. The number of halogens is 1. The predicted octanol–water partition coefficient (Wildman–Crippen LogP) is 4.33. The van der Waals surface area contributed by atoms with Crippen LogP contribution in [0.15, 0.2) is 24.3 Å². The van der Waals surface area contributed by atoms with Gasteiger partial charge in [-0.3, -0.25) is 4.79 Å². The minimum atomic E-state index is -0.953. The van der Waals surface area contributed by atoms with Crippen LogP contribution in [0.1, 0.15) is 40.7 Å². The normalized spacial score (nSPS) is 9.41. The van der Waals surface area contributed by atoms with Gasteiger partial charge in [-0.05, 0) is 52.7 Å². The van der Waals surface area contributed by atoms with E-state index in [9.17, 15) is 9.59 Å². The number of esters is 1. The first kappa shape index (κ1) is 32.3.